The lowest BCUT2D eigenvalue weighted by atomic mass is 10.2. The molecule has 0 radical (unpaired) electrons. The van der Waals surface area contributed by atoms with Crippen LogP contribution in [0, 0.1) is 0 Å². The zero-order valence-electron chi connectivity index (χ0n) is 5.82. The summed E-state index contributed by atoms with van der Waals surface area (Å²) >= 11 is 1.68. The van der Waals surface area contributed by atoms with Crippen molar-refractivity contribution in [1.82, 2.24) is 4.98 Å². The molecule has 4 heteroatoms. The average Bonchev–Trinajstić information content (AvgIpc) is 2.47. The Morgan fingerprint density at radius 1 is 1.64 bits per heavy atom. The Labute approximate surface area is 68.7 Å². The average molecular weight is 165 g/mol. The van der Waals surface area contributed by atoms with Crippen molar-refractivity contribution in [3.63, 3.8) is 0 Å². The molecule has 56 valence electrons. The van der Waals surface area contributed by atoms with Crippen molar-refractivity contribution in [3.05, 3.63) is 23.9 Å². The number of nitrogens with two attached hydrogens (primary N) is 1. The smallest absolute Gasteiger partial charge is 0.105 e. The van der Waals surface area contributed by atoms with E-state index >= 15 is 0 Å². The van der Waals surface area contributed by atoms with E-state index in [0.717, 1.165) is 22.1 Å². The molecule has 0 amide bonds. The normalized spacial score (nSPS) is 18.7. The van der Waals surface area contributed by atoms with Crippen LogP contribution in [0.4, 0.5) is 0 Å². The second-order valence-electron chi connectivity index (χ2n) is 2.22. The van der Waals surface area contributed by atoms with Crippen LogP contribution in [-0.4, -0.2) is 16.4 Å². The predicted molar refractivity (Wildman–Crippen MR) is 45.7 cm³/mol. The summed E-state index contributed by atoms with van der Waals surface area (Å²) in [4.78, 5) is 4.18. The van der Waals surface area contributed by atoms with Crippen LogP contribution in [0.3, 0.4) is 0 Å². The van der Waals surface area contributed by atoms with Crippen LogP contribution in [-0.2, 0) is 0 Å². The first-order chi connectivity index (χ1) is 5.42. The van der Waals surface area contributed by atoms with Gasteiger partial charge >= 0.3 is 0 Å². The molecule has 2 rings (SSSR count). The van der Waals surface area contributed by atoms with E-state index < -0.39 is 0 Å². The maximum absolute atomic E-state index is 5.20. The number of thioether (sulfide) groups is 1. The molecule has 0 spiro atoms. The first-order valence-electron chi connectivity index (χ1n) is 3.27. The highest BCUT2D eigenvalue weighted by Crippen LogP contribution is 2.28. The van der Waals surface area contributed by atoms with Gasteiger partial charge in [-0.05, 0) is 12.1 Å². The lowest BCUT2D eigenvalue weighted by molar-refractivity contribution is 1.13. The topological polar surface area (TPSA) is 51.3 Å². The van der Waals surface area contributed by atoms with E-state index in [0.29, 0.717) is 0 Å². The number of hydrogen-bond donors (Lipinski definition) is 1. The predicted octanol–water partition coefficient (Wildman–Crippen LogP) is 0.850. The number of hydrazone groups is 1. The van der Waals surface area contributed by atoms with Gasteiger partial charge in [0, 0.05) is 17.5 Å². The minimum atomic E-state index is 0.850. The van der Waals surface area contributed by atoms with Gasteiger partial charge in [-0.15, -0.1) is 0 Å². The maximum atomic E-state index is 5.20. The Bertz CT molecular complexity index is 308. The molecule has 1 aliphatic rings. The number of fused-ring (bicyclic) bond motifs is 1. The van der Waals surface area contributed by atoms with Crippen molar-refractivity contribution in [1.29, 1.82) is 0 Å². The summed E-state index contributed by atoms with van der Waals surface area (Å²) in [6, 6.07) is 3.89. The quantitative estimate of drug-likeness (QED) is 0.458. The molecular weight excluding hydrogens is 158 g/mol. The lowest BCUT2D eigenvalue weighted by Gasteiger charge is -1.93. The van der Waals surface area contributed by atoms with Crippen LogP contribution >= 0.6 is 11.8 Å². The molecule has 1 aromatic heterocycles. The van der Waals surface area contributed by atoms with Crippen LogP contribution in [0.2, 0.25) is 0 Å². The molecular formula is C7H7N3S. The third-order valence-electron chi connectivity index (χ3n) is 1.58. The third kappa shape index (κ3) is 0.991. The summed E-state index contributed by atoms with van der Waals surface area (Å²) in [6.07, 6.45) is 1.78. The van der Waals surface area contributed by atoms with Crippen molar-refractivity contribution in [2.75, 3.05) is 5.75 Å². The van der Waals surface area contributed by atoms with Crippen LogP contribution in [0.15, 0.2) is 28.5 Å². The Kier molecular flexibility index (Phi) is 1.54. The van der Waals surface area contributed by atoms with Crippen LogP contribution in [0.25, 0.3) is 0 Å². The van der Waals surface area contributed by atoms with Crippen LogP contribution < -0.4 is 5.84 Å². The summed E-state index contributed by atoms with van der Waals surface area (Å²) in [6.45, 7) is 0. The molecule has 0 saturated carbocycles. The van der Waals surface area contributed by atoms with E-state index in [1.807, 2.05) is 12.1 Å². The molecule has 3 nitrogen and oxygen atoms in total. The summed E-state index contributed by atoms with van der Waals surface area (Å²) in [5, 5.41) is 4.72. The number of rotatable bonds is 0. The van der Waals surface area contributed by atoms with Gasteiger partial charge in [0.25, 0.3) is 0 Å². The summed E-state index contributed by atoms with van der Waals surface area (Å²) in [5.74, 6) is 6.05. The number of pyridine rings is 1. The number of aromatic nitrogens is 1. The molecule has 2 N–H and O–H groups in total. The molecule has 1 aromatic rings. The van der Waals surface area contributed by atoms with E-state index in [4.69, 9.17) is 5.84 Å². The molecule has 0 aliphatic carbocycles. The van der Waals surface area contributed by atoms with Gasteiger partial charge in [-0.25, -0.2) is 4.98 Å². The molecule has 0 atom stereocenters. The van der Waals surface area contributed by atoms with Gasteiger partial charge in [0.1, 0.15) is 5.03 Å². The molecule has 0 bridgehead atoms. The van der Waals surface area contributed by atoms with Crippen molar-refractivity contribution in [3.8, 4) is 0 Å². The summed E-state index contributed by atoms with van der Waals surface area (Å²) in [5.41, 5.74) is 2.03. The van der Waals surface area contributed by atoms with Gasteiger partial charge in [-0.1, -0.05) is 11.8 Å². The third-order valence-corrected chi connectivity index (χ3v) is 2.60. The van der Waals surface area contributed by atoms with Gasteiger partial charge in [0.2, 0.25) is 0 Å². The lowest BCUT2D eigenvalue weighted by Crippen LogP contribution is -2.01. The fourth-order valence-corrected chi connectivity index (χ4v) is 2.03. The largest absolute Gasteiger partial charge is 0.323 e. The number of nitrogens with zero attached hydrogens (tertiary/aromatic N) is 2. The Balaban J connectivity index is 2.55. The van der Waals surface area contributed by atoms with E-state index in [-0.39, 0.29) is 0 Å². The highest BCUT2D eigenvalue weighted by Gasteiger charge is 2.18. The summed E-state index contributed by atoms with van der Waals surface area (Å²) < 4.78 is 0. The van der Waals surface area contributed by atoms with E-state index in [1.54, 1.807) is 18.0 Å². The van der Waals surface area contributed by atoms with Crippen LogP contribution in [0.1, 0.15) is 5.56 Å². The molecule has 1 aliphatic heterocycles. The molecule has 11 heavy (non-hydrogen) atoms. The van der Waals surface area contributed by atoms with Gasteiger partial charge < -0.3 is 5.84 Å². The fourth-order valence-electron chi connectivity index (χ4n) is 1.05. The first-order valence-corrected chi connectivity index (χ1v) is 4.25. The zero-order valence-corrected chi connectivity index (χ0v) is 6.64. The van der Waals surface area contributed by atoms with Crippen molar-refractivity contribution < 1.29 is 0 Å². The molecule has 0 fully saturated rings. The Hall–Kier alpha value is -1.03. The molecule has 2 heterocycles. The first kappa shape index (κ1) is 6.67. The maximum Gasteiger partial charge on any atom is 0.105 e. The molecule has 0 aromatic carbocycles. The molecule has 0 saturated heterocycles. The van der Waals surface area contributed by atoms with Gasteiger partial charge in [-0.2, -0.15) is 5.10 Å². The van der Waals surface area contributed by atoms with Gasteiger partial charge in [0.05, 0.1) is 5.71 Å². The minimum absolute atomic E-state index is 0.850. The van der Waals surface area contributed by atoms with Gasteiger partial charge in [0.15, 0.2) is 0 Å². The Morgan fingerprint density at radius 2 is 2.55 bits per heavy atom. The second kappa shape index (κ2) is 2.54. The molecule has 0 unspecified atom stereocenters. The Morgan fingerprint density at radius 3 is 3.36 bits per heavy atom. The highest BCUT2D eigenvalue weighted by atomic mass is 32.2. The van der Waals surface area contributed by atoms with E-state index in [1.165, 1.54) is 0 Å². The second-order valence-corrected chi connectivity index (χ2v) is 3.18. The zero-order chi connectivity index (χ0) is 7.68. The highest BCUT2D eigenvalue weighted by molar-refractivity contribution is 8.00. The number of hydrogen-bond acceptors (Lipinski definition) is 4. The standard InChI is InChI=1S/C7H7N3S/c8-10-6-4-11-7-5(6)2-1-3-9-7/h1-3H,4,8H2. The van der Waals surface area contributed by atoms with E-state index in [9.17, 15) is 0 Å². The SMILES string of the molecule is NN=C1CSc2ncccc21. The van der Waals surface area contributed by atoms with Crippen LogP contribution in [0.5, 0.6) is 0 Å². The van der Waals surface area contributed by atoms with Gasteiger partial charge in [-0.3, -0.25) is 0 Å². The van der Waals surface area contributed by atoms with Crippen molar-refractivity contribution in [2.24, 2.45) is 10.9 Å². The minimum Gasteiger partial charge on any atom is -0.323 e. The fraction of sp³-hybridized carbons (Fsp3) is 0.143. The van der Waals surface area contributed by atoms with Crippen molar-refractivity contribution in [2.45, 2.75) is 5.03 Å². The monoisotopic (exact) mass is 165 g/mol. The van der Waals surface area contributed by atoms with Crippen molar-refractivity contribution >= 4 is 17.5 Å². The van der Waals surface area contributed by atoms with E-state index in [2.05, 4.69) is 10.1 Å². The summed E-state index contributed by atoms with van der Waals surface area (Å²) in [7, 11) is 0.